The highest BCUT2D eigenvalue weighted by Crippen LogP contribution is 2.41. The lowest BCUT2D eigenvalue weighted by atomic mass is 10.2. The molecule has 2 aromatic rings. The van der Waals surface area contributed by atoms with Gasteiger partial charge in [-0.3, -0.25) is 9.69 Å². The number of benzene rings is 2. The van der Waals surface area contributed by atoms with Gasteiger partial charge in [-0.2, -0.15) is 0 Å². The number of hydrogen-bond acceptors (Lipinski definition) is 5. The van der Waals surface area contributed by atoms with Crippen LogP contribution in [0.4, 0.5) is 5.69 Å². The van der Waals surface area contributed by atoms with Gasteiger partial charge >= 0.3 is 0 Å². The molecule has 0 N–H and O–H groups in total. The van der Waals surface area contributed by atoms with E-state index in [4.69, 9.17) is 26.4 Å². The molecule has 1 heterocycles. The number of amides is 1. The molecule has 3 rings (SSSR count). The quantitative estimate of drug-likeness (QED) is 0.727. The monoisotopic (exact) mass is 372 g/mol. The predicted molar refractivity (Wildman–Crippen MR) is 103 cm³/mol. The van der Waals surface area contributed by atoms with Crippen molar-refractivity contribution in [3.8, 4) is 17.2 Å². The van der Waals surface area contributed by atoms with Crippen molar-refractivity contribution in [3.05, 3.63) is 48.0 Å². The van der Waals surface area contributed by atoms with Crippen LogP contribution in [0.5, 0.6) is 17.2 Å². The number of anilines is 1. The number of thiocarbonyl (C=S) groups is 1. The summed E-state index contributed by atoms with van der Waals surface area (Å²) in [6.45, 7) is 0.802. The zero-order valence-electron chi connectivity index (χ0n) is 14.9. The molecule has 0 saturated carbocycles. The first-order valence-electron chi connectivity index (χ1n) is 8.04. The molecule has 6 nitrogen and oxygen atoms in total. The van der Waals surface area contributed by atoms with Crippen LogP contribution >= 0.6 is 12.2 Å². The molecule has 0 atom stereocenters. The lowest BCUT2D eigenvalue weighted by Crippen LogP contribution is -2.32. The minimum Gasteiger partial charge on any atom is -0.493 e. The molecule has 136 valence electrons. The van der Waals surface area contributed by atoms with Gasteiger partial charge in [0.05, 0.1) is 27.0 Å². The number of carbonyl (C=O) groups is 1. The minimum atomic E-state index is -0.0970. The number of carbonyl (C=O) groups excluding carboxylic acids is 1. The van der Waals surface area contributed by atoms with E-state index in [-0.39, 0.29) is 12.5 Å². The van der Waals surface area contributed by atoms with Crippen molar-refractivity contribution < 1.29 is 19.0 Å². The third-order valence-electron chi connectivity index (χ3n) is 4.16. The van der Waals surface area contributed by atoms with Gasteiger partial charge in [0.25, 0.3) is 5.91 Å². The van der Waals surface area contributed by atoms with Gasteiger partial charge in [0, 0.05) is 18.7 Å². The Morgan fingerprint density at radius 2 is 1.62 bits per heavy atom. The molecule has 7 heteroatoms. The number of methoxy groups -OCH3 is 3. The van der Waals surface area contributed by atoms with E-state index in [1.54, 1.807) is 12.1 Å². The van der Waals surface area contributed by atoms with Crippen LogP contribution in [0.25, 0.3) is 0 Å². The van der Waals surface area contributed by atoms with E-state index in [0.29, 0.717) is 34.6 Å². The molecule has 1 amide bonds. The fourth-order valence-electron chi connectivity index (χ4n) is 2.93. The Morgan fingerprint density at radius 3 is 2.15 bits per heavy atom. The van der Waals surface area contributed by atoms with Gasteiger partial charge in [-0.1, -0.05) is 30.3 Å². The topological polar surface area (TPSA) is 51.2 Å². The number of rotatable bonds is 6. The van der Waals surface area contributed by atoms with Gasteiger partial charge in [0.2, 0.25) is 5.75 Å². The third-order valence-corrected chi connectivity index (χ3v) is 4.60. The molecule has 1 saturated heterocycles. The molecule has 1 fully saturated rings. The Bertz CT molecular complexity index is 801. The summed E-state index contributed by atoms with van der Waals surface area (Å²) in [4.78, 5) is 16.0. The Morgan fingerprint density at radius 1 is 1.00 bits per heavy atom. The molecule has 0 spiro atoms. The summed E-state index contributed by atoms with van der Waals surface area (Å²) in [7, 11) is 4.60. The van der Waals surface area contributed by atoms with Crippen molar-refractivity contribution in [2.75, 3.05) is 32.8 Å². The standard InChI is InChI=1S/C19H20N2O4S/c1-23-15-9-14(10-16(24-2)18(15)25-3)21-17(22)12-20(19(21)26)11-13-7-5-4-6-8-13/h4-10H,11-12H2,1-3H3. The fraction of sp³-hybridized carbons (Fsp3) is 0.263. The second-order valence-electron chi connectivity index (χ2n) is 5.74. The molecular weight excluding hydrogens is 352 g/mol. The van der Waals surface area contributed by atoms with Crippen molar-refractivity contribution in [3.63, 3.8) is 0 Å². The Balaban J connectivity index is 1.91. The highest BCUT2D eigenvalue weighted by molar-refractivity contribution is 7.80. The average molecular weight is 372 g/mol. The van der Waals surface area contributed by atoms with Gasteiger partial charge in [-0.05, 0) is 17.8 Å². The molecule has 2 aromatic carbocycles. The van der Waals surface area contributed by atoms with Gasteiger partial charge in [0.1, 0.15) is 6.54 Å². The number of nitrogens with zero attached hydrogens (tertiary/aromatic N) is 2. The van der Waals surface area contributed by atoms with Gasteiger partial charge in [0.15, 0.2) is 16.6 Å². The maximum Gasteiger partial charge on any atom is 0.252 e. The molecule has 0 bridgehead atoms. The Hall–Kier alpha value is -2.80. The zero-order valence-corrected chi connectivity index (χ0v) is 15.7. The lowest BCUT2D eigenvalue weighted by molar-refractivity contribution is -0.116. The number of hydrogen-bond donors (Lipinski definition) is 0. The minimum absolute atomic E-state index is 0.0970. The van der Waals surface area contributed by atoms with Crippen molar-refractivity contribution in [2.45, 2.75) is 6.54 Å². The fourth-order valence-corrected chi connectivity index (χ4v) is 3.26. The van der Waals surface area contributed by atoms with Crippen molar-refractivity contribution in [2.24, 2.45) is 0 Å². The summed E-state index contributed by atoms with van der Waals surface area (Å²) >= 11 is 5.56. The van der Waals surface area contributed by atoms with E-state index in [1.807, 2.05) is 35.2 Å². The molecule has 0 unspecified atom stereocenters. The number of ether oxygens (including phenoxy) is 3. The van der Waals surface area contributed by atoms with Crippen LogP contribution in [0.1, 0.15) is 5.56 Å². The van der Waals surface area contributed by atoms with Crippen molar-refractivity contribution >= 4 is 28.9 Å². The molecule has 1 aliphatic heterocycles. The molecule has 1 aliphatic rings. The Kier molecular flexibility index (Phi) is 5.27. The highest BCUT2D eigenvalue weighted by atomic mass is 32.1. The van der Waals surface area contributed by atoms with Gasteiger partial charge in [-0.25, -0.2) is 0 Å². The maximum atomic E-state index is 12.6. The normalized spacial score (nSPS) is 14.0. The average Bonchev–Trinajstić information content (AvgIpc) is 2.94. The van der Waals surface area contributed by atoms with Gasteiger partial charge in [-0.15, -0.1) is 0 Å². The summed E-state index contributed by atoms with van der Waals surface area (Å²) in [5, 5.41) is 0.452. The van der Waals surface area contributed by atoms with Crippen LogP contribution < -0.4 is 19.1 Å². The van der Waals surface area contributed by atoms with Crippen LogP contribution in [0.2, 0.25) is 0 Å². The molecule has 0 aliphatic carbocycles. The summed E-state index contributed by atoms with van der Waals surface area (Å²) in [6, 6.07) is 13.3. The molecule has 26 heavy (non-hydrogen) atoms. The van der Waals surface area contributed by atoms with E-state index >= 15 is 0 Å². The maximum absolute atomic E-state index is 12.6. The summed E-state index contributed by atoms with van der Waals surface area (Å²) < 4.78 is 16.1. The van der Waals surface area contributed by atoms with Crippen LogP contribution in [-0.4, -0.2) is 43.8 Å². The molecule has 0 radical (unpaired) electrons. The van der Waals surface area contributed by atoms with Crippen LogP contribution in [0.15, 0.2) is 42.5 Å². The van der Waals surface area contributed by atoms with Crippen LogP contribution in [-0.2, 0) is 11.3 Å². The first-order chi connectivity index (χ1) is 12.6. The van der Waals surface area contributed by atoms with Crippen molar-refractivity contribution in [1.82, 2.24) is 4.90 Å². The second kappa shape index (κ2) is 7.61. The first kappa shape index (κ1) is 18.0. The lowest BCUT2D eigenvalue weighted by Gasteiger charge is -2.22. The predicted octanol–water partition coefficient (Wildman–Crippen LogP) is 2.85. The molecule has 0 aromatic heterocycles. The Labute approximate surface area is 157 Å². The second-order valence-corrected chi connectivity index (χ2v) is 6.10. The van der Waals surface area contributed by atoms with E-state index in [9.17, 15) is 4.79 Å². The first-order valence-corrected chi connectivity index (χ1v) is 8.45. The smallest absolute Gasteiger partial charge is 0.252 e. The van der Waals surface area contributed by atoms with E-state index in [2.05, 4.69) is 0 Å². The summed E-state index contributed by atoms with van der Waals surface area (Å²) in [5.74, 6) is 1.32. The van der Waals surface area contributed by atoms with Crippen LogP contribution in [0, 0.1) is 0 Å². The molecular formula is C19H20N2O4S. The summed E-state index contributed by atoms with van der Waals surface area (Å²) in [6.07, 6.45) is 0. The van der Waals surface area contributed by atoms with Crippen LogP contribution in [0.3, 0.4) is 0 Å². The third kappa shape index (κ3) is 3.30. The highest BCUT2D eigenvalue weighted by Gasteiger charge is 2.35. The van der Waals surface area contributed by atoms with Gasteiger partial charge < -0.3 is 19.1 Å². The summed E-state index contributed by atoms with van der Waals surface area (Å²) in [5.41, 5.74) is 1.68. The van der Waals surface area contributed by atoms with E-state index in [0.717, 1.165) is 5.56 Å². The van der Waals surface area contributed by atoms with Crippen molar-refractivity contribution in [1.29, 1.82) is 0 Å². The van der Waals surface area contributed by atoms with E-state index in [1.165, 1.54) is 26.2 Å². The SMILES string of the molecule is COc1cc(N2C(=O)CN(Cc3ccccc3)C2=S)cc(OC)c1OC. The zero-order chi connectivity index (χ0) is 18.7. The largest absolute Gasteiger partial charge is 0.493 e. The van der Waals surface area contributed by atoms with E-state index < -0.39 is 0 Å².